The van der Waals surface area contributed by atoms with E-state index in [0.29, 0.717) is 12.1 Å². The van der Waals surface area contributed by atoms with Gasteiger partial charge in [0.25, 0.3) is 0 Å². The maximum Gasteiger partial charge on any atom is 0.246 e. The second kappa shape index (κ2) is 4.87. The first-order chi connectivity index (χ1) is 8.20. The SMILES string of the molecule is CCNC(=O)/C(C)=C\c1cc2ccccc2[nH]1. The summed E-state index contributed by atoms with van der Waals surface area (Å²) in [4.78, 5) is 14.8. The molecular formula is C14H16N2O. The van der Waals surface area contributed by atoms with Crippen molar-refractivity contribution in [1.82, 2.24) is 10.3 Å². The van der Waals surface area contributed by atoms with Gasteiger partial charge < -0.3 is 10.3 Å². The van der Waals surface area contributed by atoms with Crippen molar-refractivity contribution in [1.29, 1.82) is 0 Å². The number of amides is 1. The summed E-state index contributed by atoms with van der Waals surface area (Å²) in [5.74, 6) is -0.0221. The van der Waals surface area contributed by atoms with E-state index in [0.717, 1.165) is 16.6 Å². The van der Waals surface area contributed by atoms with Crippen LogP contribution in [-0.4, -0.2) is 17.4 Å². The minimum absolute atomic E-state index is 0.0221. The van der Waals surface area contributed by atoms with Gasteiger partial charge in [-0.1, -0.05) is 18.2 Å². The van der Waals surface area contributed by atoms with E-state index < -0.39 is 0 Å². The van der Waals surface area contributed by atoms with Crippen LogP contribution >= 0.6 is 0 Å². The number of nitrogens with one attached hydrogen (secondary N) is 2. The zero-order chi connectivity index (χ0) is 12.3. The molecule has 0 aliphatic rings. The van der Waals surface area contributed by atoms with Gasteiger partial charge in [-0.15, -0.1) is 0 Å². The second-order valence-corrected chi connectivity index (χ2v) is 4.00. The number of carbonyl (C=O) groups excluding carboxylic acids is 1. The van der Waals surface area contributed by atoms with E-state index >= 15 is 0 Å². The van der Waals surface area contributed by atoms with Crippen LogP contribution < -0.4 is 5.32 Å². The molecule has 0 atom stereocenters. The molecular weight excluding hydrogens is 212 g/mol. The Kier molecular flexibility index (Phi) is 3.28. The van der Waals surface area contributed by atoms with Crippen LogP contribution in [-0.2, 0) is 4.79 Å². The number of carbonyl (C=O) groups is 1. The van der Waals surface area contributed by atoms with E-state index in [-0.39, 0.29) is 5.91 Å². The maximum absolute atomic E-state index is 11.6. The molecule has 3 nitrogen and oxygen atoms in total. The summed E-state index contributed by atoms with van der Waals surface area (Å²) in [6.07, 6.45) is 1.87. The molecule has 2 aromatic rings. The highest BCUT2D eigenvalue weighted by molar-refractivity contribution is 5.97. The molecule has 0 radical (unpaired) electrons. The zero-order valence-corrected chi connectivity index (χ0v) is 10.1. The Morgan fingerprint density at radius 1 is 1.41 bits per heavy atom. The molecule has 0 spiro atoms. The topological polar surface area (TPSA) is 44.9 Å². The molecule has 0 aliphatic heterocycles. The Balaban J connectivity index is 2.28. The third kappa shape index (κ3) is 2.56. The Morgan fingerprint density at radius 3 is 2.88 bits per heavy atom. The lowest BCUT2D eigenvalue weighted by Crippen LogP contribution is -2.23. The third-order valence-corrected chi connectivity index (χ3v) is 2.62. The lowest BCUT2D eigenvalue weighted by atomic mass is 10.2. The van der Waals surface area contributed by atoms with Gasteiger partial charge >= 0.3 is 0 Å². The molecule has 0 saturated carbocycles. The molecule has 1 aromatic heterocycles. The molecule has 0 saturated heterocycles. The van der Waals surface area contributed by atoms with Crippen LogP contribution in [0.15, 0.2) is 35.9 Å². The van der Waals surface area contributed by atoms with Crippen molar-refractivity contribution in [2.45, 2.75) is 13.8 Å². The van der Waals surface area contributed by atoms with Crippen LogP contribution in [0.3, 0.4) is 0 Å². The van der Waals surface area contributed by atoms with Crippen molar-refractivity contribution in [3.63, 3.8) is 0 Å². The van der Waals surface area contributed by atoms with E-state index in [4.69, 9.17) is 0 Å². The highest BCUT2D eigenvalue weighted by atomic mass is 16.1. The number of hydrogen-bond acceptors (Lipinski definition) is 1. The summed E-state index contributed by atoms with van der Waals surface area (Å²) in [5, 5.41) is 3.93. The van der Waals surface area contributed by atoms with Gasteiger partial charge in [-0.3, -0.25) is 4.79 Å². The van der Waals surface area contributed by atoms with E-state index in [2.05, 4.69) is 10.3 Å². The van der Waals surface area contributed by atoms with Crippen molar-refractivity contribution in [3.8, 4) is 0 Å². The molecule has 3 heteroatoms. The molecule has 1 amide bonds. The van der Waals surface area contributed by atoms with Gasteiger partial charge in [0.15, 0.2) is 0 Å². The average Bonchev–Trinajstić information content (AvgIpc) is 2.71. The first-order valence-corrected chi connectivity index (χ1v) is 5.75. The summed E-state index contributed by atoms with van der Waals surface area (Å²) >= 11 is 0. The fourth-order valence-corrected chi connectivity index (χ4v) is 1.77. The molecule has 1 heterocycles. The van der Waals surface area contributed by atoms with Crippen LogP contribution in [0.2, 0.25) is 0 Å². The lowest BCUT2D eigenvalue weighted by molar-refractivity contribution is -0.117. The summed E-state index contributed by atoms with van der Waals surface area (Å²) in [6.45, 7) is 4.38. The largest absolute Gasteiger partial charge is 0.355 e. The Morgan fingerprint density at radius 2 is 2.18 bits per heavy atom. The highest BCUT2D eigenvalue weighted by Gasteiger charge is 2.03. The number of aromatic nitrogens is 1. The molecule has 88 valence electrons. The Labute approximate surface area is 101 Å². The molecule has 2 N–H and O–H groups in total. The smallest absolute Gasteiger partial charge is 0.246 e. The first kappa shape index (κ1) is 11.5. The van der Waals surface area contributed by atoms with Crippen LogP contribution in [0.4, 0.5) is 0 Å². The van der Waals surface area contributed by atoms with Gasteiger partial charge in [0.05, 0.1) is 0 Å². The first-order valence-electron chi connectivity index (χ1n) is 5.75. The Hall–Kier alpha value is -2.03. The molecule has 0 fully saturated rings. The van der Waals surface area contributed by atoms with Gasteiger partial charge in [-0.25, -0.2) is 0 Å². The number of H-pyrrole nitrogens is 1. The van der Waals surface area contributed by atoms with Gasteiger partial charge in [0, 0.05) is 23.3 Å². The van der Waals surface area contributed by atoms with Crippen LogP contribution in [0.5, 0.6) is 0 Å². The minimum Gasteiger partial charge on any atom is -0.355 e. The molecule has 0 unspecified atom stereocenters. The van der Waals surface area contributed by atoms with Crippen molar-refractivity contribution in [3.05, 3.63) is 41.6 Å². The van der Waals surface area contributed by atoms with Crippen LogP contribution in [0, 0.1) is 0 Å². The van der Waals surface area contributed by atoms with Gasteiger partial charge in [0.2, 0.25) is 5.91 Å². The number of aromatic amines is 1. The second-order valence-electron chi connectivity index (χ2n) is 4.00. The normalized spacial score (nSPS) is 11.8. The van der Waals surface area contributed by atoms with Crippen LogP contribution in [0.1, 0.15) is 19.5 Å². The summed E-state index contributed by atoms with van der Waals surface area (Å²) in [6, 6.07) is 10.1. The number of benzene rings is 1. The maximum atomic E-state index is 11.6. The molecule has 0 aliphatic carbocycles. The Bertz CT molecular complexity index is 533. The highest BCUT2D eigenvalue weighted by Crippen LogP contribution is 2.16. The quantitative estimate of drug-likeness (QED) is 0.779. The van der Waals surface area contributed by atoms with E-state index in [1.54, 1.807) is 0 Å². The standard InChI is InChI=1S/C14H16N2O/c1-3-15-14(17)10(2)8-12-9-11-6-4-5-7-13(11)16-12/h4-9,16H,3H2,1-2H3,(H,15,17)/b10-8-. The van der Waals surface area contributed by atoms with Crippen LogP contribution in [0.25, 0.3) is 17.0 Å². The predicted octanol–water partition coefficient (Wildman–Crippen LogP) is 2.71. The van der Waals surface area contributed by atoms with E-state index in [1.807, 2.05) is 50.3 Å². The summed E-state index contributed by atoms with van der Waals surface area (Å²) in [7, 11) is 0. The number of hydrogen-bond donors (Lipinski definition) is 2. The fourth-order valence-electron chi connectivity index (χ4n) is 1.77. The summed E-state index contributed by atoms with van der Waals surface area (Å²) in [5.41, 5.74) is 2.75. The number of fused-ring (bicyclic) bond motifs is 1. The minimum atomic E-state index is -0.0221. The molecule has 1 aromatic carbocycles. The number of likely N-dealkylation sites (N-methyl/N-ethyl adjacent to an activating group) is 1. The van der Waals surface area contributed by atoms with Gasteiger partial charge in [-0.2, -0.15) is 0 Å². The third-order valence-electron chi connectivity index (χ3n) is 2.62. The van der Waals surface area contributed by atoms with Crippen molar-refractivity contribution >= 4 is 22.9 Å². The zero-order valence-electron chi connectivity index (χ0n) is 10.1. The molecule has 17 heavy (non-hydrogen) atoms. The van der Waals surface area contributed by atoms with E-state index in [1.165, 1.54) is 0 Å². The lowest BCUT2D eigenvalue weighted by Gasteiger charge is -2.00. The number of rotatable bonds is 3. The van der Waals surface area contributed by atoms with Crippen molar-refractivity contribution < 1.29 is 4.79 Å². The van der Waals surface area contributed by atoms with E-state index in [9.17, 15) is 4.79 Å². The van der Waals surface area contributed by atoms with Crippen molar-refractivity contribution in [2.24, 2.45) is 0 Å². The molecule has 2 rings (SSSR count). The summed E-state index contributed by atoms with van der Waals surface area (Å²) < 4.78 is 0. The van der Waals surface area contributed by atoms with Crippen molar-refractivity contribution in [2.75, 3.05) is 6.54 Å². The monoisotopic (exact) mass is 228 g/mol. The predicted molar refractivity (Wildman–Crippen MR) is 70.6 cm³/mol. The van der Waals surface area contributed by atoms with Gasteiger partial charge in [-0.05, 0) is 37.4 Å². The number of para-hydroxylation sites is 1. The average molecular weight is 228 g/mol. The van der Waals surface area contributed by atoms with Gasteiger partial charge in [0.1, 0.15) is 0 Å². The molecule has 0 bridgehead atoms. The fraction of sp³-hybridized carbons (Fsp3) is 0.214.